The van der Waals surface area contributed by atoms with Crippen LogP contribution in [0.1, 0.15) is 30.4 Å². The van der Waals surface area contributed by atoms with E-state index >= 15 is 0 Å². The first kappa shape index (κ1) is 17.2. The smallest absolute Gasteiger partial charge is 0.373 e. The summed E-state index contributed by atoms with van der Waals surface area (Å²) < 4.78 is 44.0. The van der Waals surface area contributed by atoms with Crippen LogP contribution in [-0.4, -0.2) is 37.2 Å². The van der Waals surface area contributed by atoms with Gasteiger partial charge in [0.1, 0.15) is 0 Å². The first-order valence-electron chi connectivity index (χ1n) is 8.17. The highest BCUT2D eigenvalue weighted by Gasteiger charge is 2.41. The fourth-order valence-corrected chi connectivity index (χ4v) is 3.49. The molecule has 2 aliphatic rings. The summed E-state index contributed by atoms with van der Waals surface area (Å²) in [5, 5.41) is 6.17. The van der Waals surface area contributed by atoms with Gasteiger partial charge in [0.15, 0.2) is 0 Å². The van der Waals surface area contributed by atoms with E-state index in [1.807, 2.05) is 0 Å². The van der Waals surface area contributed by atoms with Crippen LogP contribution in [0.5, 0.6) is 0 Å². The van der Waals surface area contributed by atoms with Crippen LogP contribution >= 0.6 is 0 Å². The monoisotopic (exact) mass is 342 g/mol. The van der Waals surface area contributed by atoms with E-state index in [9.17, 15) is 18.0 Å². The van der Waals surface area contributed by atoms with E-state index in [4.69, 9.17) is 4.74 Å². The number of hydrogen-bond donors (Lipinski definition) is 2. The minimum atomic E-state index is -4.40. The molecule has 2 N–H and O–H groups in total. The van der Waals surface area contributed by atoms with E-state index < -0.39 is 11.7 Å². The standard InChI is InChI=1S/C17H21F3N2O2/c18-17(19,20)13-3-1-2-12(8-13)9-15(23)22-14-10-16(24-11-14)4-6-21-7-5-16/h1-3,8,14,21H,4-7,9-11H2,(H,22,23). The Hall–Kier alpha value is -1.60. The Kier molecular flexibility index (Phi) is 4.83. The second kappa shape index (κ2) is 6.72. The Morgan fingerprint density at radius 2 is 2.08 bits per heavy atom. The topological polar surface area (TPSA) is 50.4 Å². The number of halogens is 3. The van der Waals surface area contributed by atoms with Crippen molar-refractivity contribution in [3.63, 3.8) is 0 Å². The van der Waals surface area contributed by atoms with Gasteiger partial charge in [0.05, 0.1) is 30.2 Å². The molecule has 2 fully saturated rings. The molecule has 1 aromatic rings. The van der Waals surface area contributed by atoms with Gasteiger partial charge < -0.3 is 15.4 Å². The Morgan fingerprint density at radius 1 is 1.33 bits per heavy atom. The van der Waals surface area contributed by atoms with Crippen LogP contribution < -0.4 is 10.6 Å². The van der Waals surface area contributed by atoms with Crippen molar-refractivity contribution < 1.29 is 22.7 Å². The molecule has 2 saturated heterocycles. The maximum atomic E-state index is 12.7. The van der Waals surface area contributed by atoms with Gasteiger partial charge in [-0.2, -0.15) is 13.2 Å². The second-order valence-corrected chi connectivity index (χ2v) is 6.59. The summed E-state index contributed by atoms with van der Waals surface area (Å²) in [4.78, 5) is 12.1. The van der Waals surface area contributed by atoms with E-state index in [0.29, 0.717) is 12.2 Å². The third-order valence-electron chi connectivity index (χ3n) is 4.71. The van der Waals surface area contributed by atoms with Crippen molar-refractivity contribution in [1.29, 1.82) is 0 Å². The van der Waals surface area contributed by atoms with Crippen molar-refractivity contribution in [2.75, 3.05) is 19.7 Å². The largest absolute Gasteiger partial charge is 0.416 e. The van der Waals surface area contributed by atoms with Gasteiger partial charge in [-0.15, -0.1) is 0 Å². The Morgan fingerprint density at radius 3 is 2.79 bits per heavy atom. The number of piperidine rings is 1. The van der Waals surface area contributed by atoms with Gasteiger partial charge in [-0.05, 0) is 44.0 Å². The zero-order valence-electron chi connectivity index (χ0n) is 13.3. The zero-order valence-corrected chi connectivity index (χ0v) is 13.3. The van der Waals surface area contributed by atoms with Gasteiger partial charge in [-0.1, -0.05) is 18.2 Å². The van der Waals surface area contributed by atoms with Crippen molar-refractivity contribution in [2.24, 2.45) is 0 Å². The average Bonchev–Trinajstić information content (AvgIpc) is 2.89. The number of hydrogen-bond acceptors (Lipinski definition) is 3. The molecule has 1 aromatic carbocycles. The van der Waals surface area contributed by atoms with Crippen molar-refractivity contribution in [3.8, 4) is 0 Å². The predicted octanol–water partition coefficient (Wildman–Crippen LogP) is 2.28. The first-order chi connectivity index (χ1) is 11.4. The highest BCUT2D eigenvalue weighted by molar-refractivity contribution is 5.79. The molecule has 0 aliphatic carbocycles. The highest BCUT2D eigenvalue weighted by atomic mass is 19.4. The molecule has 1 amide bonds. The minimum Gasteiger partial charge on any atom is -0.373 e. The molecule has 2 aliphatic heterocycles. The molecular formula is C17H21F3N2O2. The summed E-state index contributed by atoms with van der Waals surface area (Å²) in [6, 6.07) is 4.83. The Labute approximate surface area is 138 Å². The number of ether oxygens (including phenoxy) is 1. The molecule has 0 aromatic heterocycles. The minimum absolute atomic E-state index is 0.0605. The third-order valence-corrected chi connectivity index (χ3v) is 4.71. The van der Waals surface area contributed by atoms with E-state index in [1.54, 1.807) is 0 Å². The molecule has 4 nitrogen and oxygen atoms in total. The van der Waals surface area contributed by atoms with Crippen molar-refractivity contribution in [1.82, 2.24) is 10.6 Å². The molecule has 24 heavy (non-hydrogen) atoms. The molecule has 3 rings (SSSR count). The van der Waals surface area contributed by atoms with Crippen molar-refractivity contribution in [3.05, 3.63) is 35.4 Å². The molecular weight excluding hydrogens is 321 g/mol. The number of nitrogens with one attached hydrogen (secondary N) is 2. The van der Waals surface area contributed by atoms with Crippen LogP contribution in [0.25, 0.3) is 0 Å². The number of alkyl halides is 3. The summed E-state index contributed by atoms with van der Waals surface area (Å²) >= 11 is 0. The molecule has 0 saturated carbocycles. The van der Waals surface area contributed by atoms with E-state index in [2.05, 4.69) is 10.6 Å². The number of carbonyl (C=O) groups is 1. The average molecular weight is 342 g/mol. The predicted molar refractivity (Wildman–Crippen MR) is 82.5 cm³/mol. The molecule has 0 bridgehead atoms. The SMILES string of the molecule is O=C(Cc1cccc(C(F)(F)F)c1)NC1COC2(CCNCC2)C1. The quantitative estimate of drug-likeness (QED) is 0.886. The fourth-order valence-electron chi connectivity index (χ4n) is 3.49. The summed E-state index contributed by atoms with van der Waals surface area (Å²) in [7, 11) is 0. The van der Waals surface area contributed by atoms with Gasteiger partial charge in [0, 0.05) is 0 Å². The molecule has 132 valence electrons. The maximum absolute atomic E-state index is 12.7. The van der Waals surface area contributed by atoms with Gasteiger partial charge in [-0.25, -0.2) is 0 Å². The number of amides is 1. The van der Waals surface area contributed by atoms with Crippen LogP contribution in [0.3, 0.4) is 0 Å². The molecule has 7 heteroatoms. The summed E-state index contributed by atoms with van der Waals surface area (Å²) in [6.07, 6.45) is -1.84. The van der Waals surface area contributed by atoms with E-state index in [-0.39, 0.29) is 24.0 Å². The number of rotatable bonds is 3. The summed E-state index contributed by atoms with van der Waals surface area (Å²) in [5.74, 6) is -0.270. The molecule has 2 heterocycles. The van der Waals surface area contributed by atoms with Crippen LogP contribution in [0.2, 0.25) is 0 Å². The number of carbonyl (C=O) groups excluding carboxylic acids is 1. The summed E-state index contributed by atoms with van der Waals surface area (Å²) in [6.45, 7) is 2.28. The first-order valence-corrected chi connectivity index (χ1v) is 8.17. The lowest BCUT2D eigenvalue weighted by Crippen LogP contribution is -2.43. The maximum Gasteiger partial charge on any atom is 0.416 e. The van der Waals surface area contributed by atoms with Crippen LogP contribution in [0.15, 0.2) is 24.3 Å². The second-order valence-electron chi connectivity index (χ2n) is 6.59. The third kappa shape index (κ3) is 4.08. The van der Waals surface area contributed by atoms with E-state index in [1.165, 1.54) is 12.1 Å². The Bertz CT molecular complexity index is 598. The van der Waals surface area contributed by atoms with Gasteiger partial charge in [-0.3, -0.25) is 4.79 Å². The lowest BCUT2D eigenvalue weighted by molar-refractivity contribution is -0.137. The molecule has 0 radical (unpaired) electrons. The van der Waals surface area contributed by atoms with Crippen molar-refractivity contribution in [2.45, 2.75) is 43.5 Å². The van der Waals surface area contributed by atoms with Gasteiger partial charge in [0.2, 0.25) is 5.91 Å². The van der Waals surface area contributed by atoms with Crippen LogP contribution in [0, 0.1) is 0 Å². The van der Waals surface area contributed by atoms with Gasteiger partial charge in [0.25, 0.3) is 0 Å². The van der Waals surface area contributed by atoms with Gasteiger partial charge >= 0.3 is 6.18 Å². The van der Waals surface area contributed by atoms with E-state index in [0.717, 1.165) is 44.5 Å². The fraction of sp³-hybridized carbons (Fsp3) is 0.588. The van der Waals surface area contributed by atoms with Crippen molar-refractivity contribution >= 4 is 5.91 Å². The molecule has 1 spiro atoms. The summed E-state index contributed by atoms with van der Waals surface area (Å²) in [5.41, 5.74) is -0.525. The van der Waals surface area contributed by atoms with Crippen LogP contribution in [0.4, 0.5) is 13.2 Å². The van der Waals surface area contributed by atoms with Crippen LogP contribution in [-0.2, 0) is 22.1 Å². The lowest BCUT2D eigenvalue weighted by atomic mass is 9.88. The number of benzene rings is 1. The normalized spacial score (nSPS) is 23.4. The highest BCUT2D eigenvalue weighted by Crippen LogP contribution is 2.34. The molecule has 1 atom stereocenters. The zero-order chi connectivity index (χ0) is 17.2. The molecule has 1 unspecified atom stereocenters. The Balaban J connectivity index is 1.55. The lowest BCUT2D eigenvalue weighted by Gasteiger charge is -2.32.